The van der Waals surface area contributed by atoms with Gasteiger partial charge < -0.3 is 14.7 Å². The fraction of sp³-hybridized carbons (Fsp3) is 0.133. The molecule has 0 radical (unpaired) electrons. The standard InChI is InChI=1S/C15H15NO3S/c1-18-13-8-7-12(9-14(13)19-2)20-15-6-4-3-5-11(15)10-16-17/h3-10,17H,1-2H3/b16-10+. The van der Waals surface area contributed by atoms with E-state index in [0.29, 0.717) is 11.5 Å². The predicted octanol–water partition coefficient (Wildman–Crippen LogP) is 3.66. The number of nitrogens with zero attached hydrogens (tertiary/aromatic N) is 1. The second kappa shape index (κ2) is 6.86. The Labute approximate surface area is 122 Å². The highest BCUT2D eigenvalue weighted by atomic mass is 32.2. The number of hydrogen-bond donors (Lipinski definition) is 1. The number of benzene rings is 2. The molecule has 2 rings (SSSR count). The normalized spacial score (nSPS) is 10.7. The van der Waals surface area contributed by atoms with Crippen LogP contribution in [0.5, 0.6) is 11.5 Å². The lowest BCUT2D eigenvalue weighted by Crippen LogP contribution is -1.91. The summed E-state index contributed by atoms with van der Waals surface area (Å²) < 4.78 is 10.5. The molecule has 104 valence electrons. The molecule has 0 amide bonds. The molecule has 20 heavy (non-hydrogen) atoms. The van der Waals surface area contributed by atoms with Crippen LogP contribution in [0.25, 0.3) is 0 Å². The van der Waals surface area contributed by atoms with E-state index in [4.69, 9.17) is 14.7 Å². The number of hydrogen-bond acceptors (Lipinski definition) is 5. The van der Waals surface area contributed by atoms with E-state index in [0.717, 1.165) is 15.4 Å². The summed E-state index contributed by atoms with van der Waals surface area (Å²) in [6.07, 6.45) is 1.42. The average molecular weight is 289 g/mol. The van der Waals surface area contributed by atoms with Crippen LogP contribution in [0.1, 0.15) is 5.56 Å². The molecule has 2 aromatic carbocycles. The fourth-order valence-corrected chi connectivity index (χ4v) is 2.69. The average Bonchev–Trinajstić information content (AvgIpc) is 2.49. The summed E-state index contributed by atoms with van der Waals surface area (Å²) in [7, 11) is 3.22. The van der Waals surface area contributed by atoms with Crippen molar-refractivity contribution in [2.45, 2.75) is 9.79 Å². The van der Waals surface area contributed by atoms with Crippen LogP contribution in [0.2, 0.25) is 0 Å². The Morgan fingerprint density at radius 1 is 1.05 bits per heavy atom. The Morgan fingerprint density at radius 2 is 1.80 bits per heavy atom. The van der Waals surface area contributed by atoms with E-state index < -0.39 is 0 Å². The van der Waals surface area contributed by atoms with Gasteiger partial charge in [0.05, 0.1) is 20.4 Å². The van der Waals surface area contributed by atoms with Gasteiger partial charge in [0, 0.05) is 15.4 Å². The minimum Gasteiger partial charge on any atom is -0.493 e. The van der Waals surface area contributed by atoms with Gasteiger partial charge in [0.1, 0.15) is 0 Å². The molecule has 0 unspecified atom stereocenters. The maximum Gasteiger partial charge on any atom is 0.161 e. The van der Waals surface area contributed by atoms with Crippen LogP contribution in [0.15, 0.2) is 57.4 Å². The van der Waals surface area contributed by atoms with Crippen LogP contribution in [-0.2, 0) is 0 Å². The first kappa shape index (κ1) is 14.3. The molecule has 0 heterocycles. The number of methoxy groups -OCH3 is 2. The summed E-state index contributed by atoms with van der Waals surface area (Å²) in [6.45, 7) is 0. The molecule has 5 heteroatoms. The van der Waals surface area contributed by atoms with Crippen LogP contribution in [0.4, 0.5) is 0 Å². The summed E-state index contributed by atoms with van der Waals surface area (Å²) >= 11 is 1.56. The van der Waals surface area contributed by atoms with Gasteiger partial charge in [-0.05, 0) is 24.3 Å². The highest BCUT2D eigenvalue weighted by molar-refractivity contribution is 7.99. The quantitative estimate of drug-likeness (QED) is 0.518. The van der Waals surface area contributed by atoms with Crippen LogP contribution in [0, 0.1) is 0 Å². The lowest BCUT2D eigenvalue weighted by atomic mass is 10.2. The fourth-order valence-electron chi connectivity index (χ4n) is 1.75. The SMILES string of the molecule is COc1ccc(Sc2ccccc2/C=N/O)cc1OC. The summed E-state index contributed by atoms with van der Waals surface area (Å²) in [4.78, 5) is 2.01. The highest BCUT2D eigenvalue weighted by Gasteiger charge is 2.07. The van der Waals surface area contributed by atoms with Crippen molar-refractivity contribution in [3.05, 3.63) is 48.0 Å². The van der Waals surface area contributed by atoms with Crippen molar-refractivity contribution in [3.63, 3.8) is 0 Å². The van der Waals surface area contributed by atoms with Crippen LogP contribution >= 0.6 is 11.8 Å². The van der Waals surface area contributed by atoms with Crippen LogP contribution < -0.4 is 9.47 Å². The molecular formula is C15H15NO3S. The van der Waals surface area contributed by atoms with Crippen molar-refractivity contribution in [1.82, 2.24) is 0 Å². The molecular weight excluding hydrogens is 274 g/mol. The summed E-state index contributed by atoms with van der Waals surface area (Å²) in [5, 5.41) is 11.8. The van der Waals surface area contributed by atoms with Gasteiger partial charge in [0.2, 0.25) is 0 Å². The highest BCUT2D eigenvalue weighted by Crippen LogP contribution is 2.36. The van der Waals surface area contributed by atoms with Crippen LogP contribution in [0.3, 0.4) is 0 Å². The van der Waals surface area contributed by atoms with Gasteiger partial charge in [-0.25, -0.2) is 0 Å². The number of oxime groups is 1. The number of ether oxygens (including phenoxy) is 2. The third-order valence-electron chi connectivity index (χ3n) is 2.70. The molecule has 1 N–H and O–H groups in total. The molecule has 0 saturated carbocycles. The first-order chi connectivity index (χ1) is 9.78. The zero-order valence-corrected chi connectivity index (χ0v) is 12.1. The van der Waals surface area contributed by atoms with Gasteiger partial charge in [0.25, 0.3) is 0 Å². The van der Waals surface area contributed by atoms with E-state index in [9.17, 15) is 0 Å². The molecule has 0 atom stereocenters. The monoisotopic (exact) mass is 289 g/mol. The first-order valence-corrected chi connectivity index (χ1v) is 6.76. The van der Waals surface area contributed by atoms with Crippen molar-refractivity contribution in [3.8, 4) is 11.5 Å². The van der Waals surface area contributed by atoms with Gasteiger partial charge in [-0.1, -0.05) is 35.1 Å². The zero-order chi connectivity index (χ0) is 14.4. The van der Waals surface area contributed by atoms with Crippen molar-refractivity contribution in [2.24, 2.45) is 5.16 Å². The van der Waals surface area contributed by atoms with Gasteiger partial charge in [-0.3, -0.25) is 0 Å². The Morgan fingerprint density at radius 3 is 2.50 bits per heavy atom. The largest absolute Gasteiger partial charge is 0.493 e. The summed E-state index contributed by atoms with van der Waals surface area (Å²) in [5.74, 6) is 1.38. The molecule has 0 aliphatic rings. The van der Waals surface area contributed by atoms with Crippen molar-refractivity contribution in [2.75, 3.05) is 14.2 Å². The summed E-state index contributed by atoms with van der Waals surface area (Å²) in [5.41, 5.74) is 0.856. The van der Waals surface area contributed by atoms with Gasteiger partial charge in [0.15, 0.2) is 11.5 Å². The molecule has 2 aromatic rings. The van der Waals surface area contributed by atoms with Crippen molar-refractivity contribution >= 4 is 18.0 Å². The Bertz CT molecular complexity index is 614. The smallest absolute Gasteiger partial charge is 0.161 e. The minimum atomic E-state index is 0.686. The van der Waals surface area contributed by atoms with E-state index in [1.807, 2.05) is 42.5 Å². The topological polar surface area (TPSA) is 51.0 Å². The van der Waals surface area contributed by atoms with E-state index in [-0.39, 0.29) is 0 Å². The zero-order valence-electron chi connectivity index (χ0n) is 11.2. The molecule has 0 bridgehead atoms. The van der Waals surface area contributed by atoms with E-state index in [1.54, 1.807) is 26.0 Å². The minimum absolute atomic E-state index is 0.686. The maximum absolute atomic E-state index is 8.68. The molecule has 0 spiro atoms. The Hall–Kier alpha value is -2.14. The van der Waals surface area contributed by atoms with Crippen molar-refractivity contribution in [1.29, 1.82) is 0 Å². The molecule has 0 aliphatic carbocycles. The predicted molar refractivity (Wildman–Crippen MR) is 79.5 cm³/mol. The molecule has 0 aliphatic heterocycles. The summed E-state index contributed by atoms with van der Waals surface area (Å²) in [6, 6.07) is 13.4. The van der Waals surface area contributed by atoms with Gasteiger partial charge in [-0.2, -0.15) is 0 Å². The van der Waals surface area contributed by atoms with Gasteiger partial charge in [-0.15, -0.1) is 0 Å². The molecule has 0 saturated heterocycles. The van der Waals surface area contributed by atoms with E-state index in [2.05, 4.69) is 5.16 Å². The molecule has 0 aromatic heterocycles. The molecule has 0 fully saturated rings. The Balaban J connectivity index is 2.30. The third-order valence-corrected chi connectivity index (χ3v) is 3.78. The second-order valence-corrected chi connectivity index (χ2v) is 5.02. The lowest BCUT2D eigenvalue weighted by Gasteiger charge is -2.10. The van der Waals surface area contributed by atoms with E-state index >= 15 is 0 Å². The van der Waals surface area contributed by atoms with Gasteiger partial charge >= 0.3 is 0 Å². The first-order valence-electron chi connectivity index (χ1n) is 5.95. The van der Waals surface area contributed by atoms with Crippen LogP contribution in [-0.4, -0.2) is 25.6 Å². The Kier molecular flexibility index (Phi) is 4.90. The molecule has 4 nitrogen and oxygen atoms in total. The third kappa shape index (κ3) is 3.24. The number of rotatable bonds is 5. The maximum atomic E-state index is 8.68. The van der Waals surface area contributed by atoms with Crippen molar-refractivity contribution < 1.29 is 14.7 Å². The van der Waals surface area contributed by atoms with E-state index in [1.165, 1.54) is 6.21 Å². The second-order valence-electron chi connectivity index (χ2n) is 3.90. The lowest BCUT2D eigenvalue weighted by molar-refractivity contribution is 0.322.